The maximum Gasteiger partial charge on any atom is 0.165 e. The van der Waals surface area contributed by atoms with Crippen LogP contribution in [0, 0.1) is 5.82 Å². The highest BCUT2D eigenvalue weighted by Gasteiger charge is 2.12. The van der Waals surface area contributed by atoms with Crippen molar-refractivity contribution in [1.82, 2.24) is 0 Å². The summed E-state index contributed by atoms with van der Waals surface area (Å²) in [5.74, 6) is -0.167. The van der Waals surface area contributed by atoms with Crippen LogP contribution >= 0.6 is 23.2 Å². The minimum atomic E-state index is -0.391. The smallest absolute Gasteiger partial charge is 0.165 e. The molecular weight excluding hydrogens is 312 g/mol. The maximum atomic E-state index is 13.6. The third-order valence-electron chi connectivity index (χ3n) is 3.24. The molecular formula is C16H16Cl2FNO. The summed E-state index contributed by atoms with van der Waals surface area (Å²) in [5, 5.41) is 1.19. The van der Waals surface area contributed by atoms with Gasteiger partial charge in [-0.05, 0) is 48.2 Å². The molecule has 112 valence electrons. The molecule has 0 aromatic heterocycles. The quantitative estimate of drug-likeness (QED) is 0.890. The van der Waals surface area contributed by atoms with Gasteiger partial charge in [0.15, 0.2) is 11.6 Å². The molecule has 0 radical (unpaired) electrons. The van der Waals surface area contributed by atoms with Gasteiger partial charge in [0.05, 0.1) is 7.11 Å². The molecule has 2 aromatic rings. The van der Waals surface area contributed by atoms with E-state index in [9.17, 15) is 4.39 Å². The third-order valence-corrected chi connectivity index (χ3v) is 3.95. The molecule has 0 bridgehead atoms. The van der Waals surface area contributed by atoms with Gasteiger partial charge >= 0.3 is 0 Å². The van der Waals surface area contributed by atoms with Crippen molar-refractivity contribution < 1.29 is 9.13 Å². The van der Waals surface area contributed by atoms with Crippen LogP contribution in [0.3, 0.4) is 0 Å². The standard InChI is InChI=1S/C16H16Cl2FNO/c1-21-16-6-5-10(8-15(16)19)7-11(20)9-12-13(17)3-2-4-14(12)18/h2-6,8,11H,7,9,20H2,1H3. The van der Waals surface area contributed by atoms with E-state index >= 15 is 0 Å². The van der Waals surface area contributed by atoms with Crippen molar-refractivity contribution in [2.24, 2.45) is 5.73 Å². The summed E-state index contributed by atoms with van der Waals surface area (Å²) in [4.78, 5) is 0. The van der Waals surface area contributed by atoms with Gasteiger partial charge in [0.1, 0.15) is 0 Å². The fourth-order valence-corrected chi connectivity index (χ4v) is 2.75. The zero-order chi connectivity index (χ0) is 15.4. The van der Waals surface area contributed by atoms with E-state index in [2.05, 4.69) is 0 Å². The molecule has 0 heterocycles. The molecule has 2 aromatic carbocycles. The second-order valence-electron chi connectivity index (χ2n) is 4.84. The molecule has 5 heteroatoms. The molecule has 21 heavy (non-hydrogen) atoms. The fraction of sp³-hybridized carbons (Fsp3) is 0.250. The van der Waals surface area contributed by atoms with Gasteiger partial charge in [-0.3, -0.25) is 0 Å². The first kappa shape index (κ1) is 16.1. The summed E-state index contributed by atoms with van der Waals surface area (Å²) < 4.78 is 18.5. The van der Waals surface area contributed by atoms with Crippen LogP contribution in [0.4, 0.5) is 4.39 Å². The van der Waals surface area contributed by atoms with Gasteiger partial charge in [-0.1, -0.05) is 35.3 Å². The molecule has 2 nitrogen and oxygen atoms in total. The lowest BCUT2D eigenvalue weighted by molar-refractivity contribution is 0.386. The Hall–Kier alpha value is -1.29. The molecule has 0 fully saturated rings. The molecule has 0 saturated carbocycles. The van der Waals surface area contributed by atoms with Crippen molar-refractivity contribution in [1.29, 1.82) is 0 Å². The molecule has 0 amide bonds. The predicted octanol–water partition coefficient (Wildman–Crippen LogP) is 4.25. The second kappa shape index (κ2) is 7.12. The first-order valence-corrected chi connectivity index (χ1v) is 7.27. The van der Waals surface area contributed by atoms with Crippen molar-refractivity contribution in [3.8, 4) is 5.75 Å². The monoisotopic (exact) mass is 327 g/mol. The van der Waals surface area contributed by atoms with Crippen LogP contribution in [-0.4, -0.2) is 13.2 Å². The highest BCUT2D eigenvalue weighted by atomic mass is 35.5. The van der Waals surface area contributed by atoms with Crippen molar-refractivity contribution in [2.45, 2.75) is 18.9 Å². The lowest BCUT2D eigenvalue weighted by atomic mass is 9.99. The molecule has 0 saturated heterocycles. The van der Waals surface area contributed by atoms with E-state index in [4.69, 9.17) is 33.7 Å². The molecule has 1 unspecified atom stereocenters. The normalized spacial score (nSPS) is 12.2. The van der Waals surface area contributed by atoms with E-state index in [0.29, 0.717) is 22.9 Å². The number of methoxy groups -OCH3 is 1. The number of nitrogens with two attached hydrogens (primary N) is 1. The second-order valence-corrected chi connectivity index (χ2v) is 5.65. The van der Waals surface area contributed by atoms with Gasteiger partial charge in [0.2, 0.25) is 0 Å². The first-order chi connectivity index (χ1) is 10.0. The number of benzene rings is 2. The van der Waals surface area contributed by atoms with Crippen LogP contribution in [0.5, 0.6) is 5.75 Å². The topological polar surface area (TPSA) is 35.2 Å². The maximum absolute atomic E-state index is 13.6. The Bertz CT molecular complexity index is 613. The van der Waals surface area contributed by atoms with Gasteiger partial charge in [-0.2, -0.15) is 0 Å². The number of rotatable bonds is 5. The summed E-state index contributed by atoms with van der Waals surface area (Å²) in [7, 11) is 1.43. The summed E-state index contributed by atoms with van der Waals surface area (Å²) in [6, 6.07) is 9.99. The summed E-state index contributed by atoms with van der Waals surface area (Å²) in [5.41, 5.74) is 7.76. The Morgan fingerprint density at radius 3 is 2.38 bits per heavy atom. The van der Waals surface area contributed by atoms with Crippen LogP contribution in [0.25, 0.3) is 0 Å². The molecule has 0 aliphatic carbocycles. The number of ether oxygens (including phenoxy) is 1. The van der Waals surface area contributed by atoms with Crippen LogP contribution < -0.4 is 10.5 Å². The Labute approximate surface area is 133 Å². The van der Waals surface area contributed by atoms with Crippen molar-refractivity contribution in [2.75, 3.05) is 7.11 Å². The molecule has 0 spiro atoms. The van der Waals surface area contributed by atoms with Crippen LogP contribution in [0.2, 0.25) is 10.0 Å². The molecule has 1 atom stereocenters. The molecule has 2 rings (SSSR count). The minimum Gasteiger partial charge on any atom is -0.494 e. The summed E-state index contributed by atoms with van der Waals surface area (Å²) >= 11 is 12.2. The first-order valence-electron chi connectivity index (χ1n) is 6.52. The zero-order valence-corrected chi connectivity index (χ0v) is 13.1. The Morgan fingerprint density at radius 2 is 1.81 bits per heavy atom. The van der Waals surface area contributed by atoms with E-state index in [1.165, 1.54) is 13.2 Å². The van der Waals surface area contributed by atoms with E-state index in [1.54, 1.807) is 30.3 Å². The summed E-state index contributed by atoms with van der Waals surface area (Å²) in [6.07, 6.45) is 1.06. The number of halogens is 3. The highest BCUT2D eigenvalue weighted by molar-refractivity contribution is 6.36. The SMILES string of the molecule is COc1ccc(CC(N)Cc2c(Cl)cccc2Cl)cc1F. The highest BCUT2D eigenvalue weighted by Crippen LogP contribution is 2.26. The van der Waals surface area contributed by atoms with Gasteiger partial charge < -0.3 is 10.5 Å². The zero-order valence-electron chi connectivity index (χ0n) is 11.6. The lowest BCUT2D eigenvalue weighted by Crippen LogP contribution is -2.25. The van der Waals surface area contributed by atoms with E-state index in [0.717, 1.165) is 11.1 Å². The van der Waals surface area contributed by atoms with E-state index < -0.39 is 5.82 Å². The van der Waals surface area contributed by atoms with E-state index in [-0.39, 0.29) is 11.8 Å². The molecule has 0 aliphatic heterocycles. The van der Waals surface area contributed by atoms with Crippen LogP contribution in [0.15, 0.2) is 36.4 Å². The Morgan fingerprint density at radius 1 is 1.14 bits per heavy atom. The van der Waals surface area contributed by atoms with Crippen molar-refractivity contribution in [3.05, 3.63) is 63.4 Å². The minimum absolute atomic E-state index is 0.199. The van der Waals surface area contributed by atoms with Crippen molar-refractivity contribution in [3.63, 3.8) is 0 Å². The Kier molecular flexibility index (Phi) is 5.45. The number of hydrogen-bond acceptors (Lipinski definition) is 2. The molecule has 0 aliphatic rings. The van der Waals surface area contributed by atoms with Crippen LogP contribution in [-0.2, 0) is 12.8 Å². The summed E-state index contributed by atoms with van der Waals surface area (Å²) in [6.45, 7) is 0. The molecule has 2 N–H and O–H groups in total. The van der Waals surface area contributed by atoms with Gasteiger partial charge in [0.25, 0.3) is 0 Å². The van der Waals surface area contributed by atoms with Gasteiger partial charge in [-0.25, -0.2) is 4.39 Å². The van der Waals surface area contributed by atoms with E-state index in [1.807, 2.05) is 0 Å². The van der Waals surface area contributed by atoms with Crippen LogP contribution in [0.1, 0.15) is 11.1 Å². The van der Waals surface area contributed by atoms with Gasteiger partial charge in [0, 0.05) is 16.1 Å². The van der Waals surface area contributed by atoms with Crippen molar-refractivity contribution >= 4 is 23.2 Å². The third kappa shape index (κ3) is 4.10. The largest absolute Gasteiger partial charge is 0.494 e. The Balaban J connectivity index is 2.08. The number of hydrogen-bond donors (Lipinski definition) is 1. The van der Waals surface area contributed by atoms with Gasteiger partial charge in [-0.15, -0.1) is 0 Å². The predicted molar refractivity (Wildman–Crippen MR) is 84.8 cm³/mol. The average Bonchev–Trinajstić information content (AvgIpc) is 2.43. The fourth-order valence-electron chi connectivity index (χ4n) is 2.20. The lowest BCUT2D eigenvalue weighted by Gasteiger charge is -2.14. The average molecular weight is 328 g/mol.